The van der Waals surface area contributed by atoms with Gasteiger partial charge in [-0.15, -0.1) is 11.8 Å². The van der Waals surface area contributed by atoms with Gasteiger partial charge in [0.05, 0.1) is 6.04 Å². The number of carbonyl (C=O) groups is 1. The molecular weight excluding hydrogens is 445 g/mol. The third kappa shape index (κ3) is 3.85. The topological polar surface area (TPSA) is 48.1 Å². The normalized spacial score (nSPS) is 15.6. The van der Waals surface area contributed by atoms with E-state index in [-0.39, 0.29) is 17.9 Å². The summed E-state index contributed by atoms with van der Waals surface area (Å²) in [5, 5.41) is 4.77. The number of urea groups is 1. The molecule has 1 aliphatic heterocycles. The number of H-pyrrole nitrogens is 1. The number of benzene rings is 3. The average molecular weight is 466 g/mol. The van der Waals surface area contributed by atoms with Crippen LogP contribution in [0.25, 0.3) is 10.9 Å². The van der Waals surface area contributed by atoms with Crippen molar-refractivity contribution in [3.05, 3.63) is 94.4 Å². The molecule has 1 aliphatic rings. The van der Waals surface area contributed by atoms with E-state index in [1.807, 2.05) is 48.7 Å². The maximum atomic E-state index is 13.7. The van der Waals surface area contributed by atoms with Crippen molar-refractivity contribution >= 4 is 46.0 Å². The summed E-state index contributed by atoms with van der Waals surface area (Å²) >= 11 is 7.87. The van der Waals surface area contributed by atoms with Crippen LogP contribution in [0.15, 0.2) is 71.6 Å². The Morgan fingerprint density at radius 1 is 1.16 bits per heavy atom. The molecule has 0 bridgehead atoms. The second-order valence-corrected chi connectivity index (χ2v) is 9.08. The van der Waals surface area contributed by atoms with Crippen molar-refractivity contribution in [2.45, 2.75) is 17.4 Å². The summed E-state index contributed by atoms with van der Waals surface area (Å²) in [6.07, 6.45) is 2.70. The zero-order chi connectivity index (χ0) is 22.2. The van der Waals surface area contributed by atoms with Crippen LogP contribution in [0.1, 0.15) is 22.9 Å². The fraction of sp³-hybridized carbons (Fsp3) is 0.160. The number of aromatic nitrogens is 1. The summed E-state index contributed by atoms with van der Waals surface area (Å²) < 4.78 is 13.7. The molecule has 0 unspecified atom stereocenters. The molecule has 0 radical (unpaired) electrons. The van der Waals surface area contributed by atoms with Crippen LogP contribution in [0.5, 0.6) is 0 Å². The summed E-state index contributed by atoms with van der Waals surface area (Å²) in [6.45, 7) is 0.530. The fourth-order valence-corrected chi connectivity index (χ4v) is 5.00. The van der Waals surface area contributed by atoms with Gasteiger partial charge in [0.15, 0.2) is 0 Å². The van der Waals surface area contributed by atoms with E-state index in [4.69, 9.17) is 11.6 Å². The molecule has 4 aromatic rings. The summed E-state index contributed by atoms with van der Waals surface area (Å²) in [5.74, 6) is -0.307. The number of hydrogen-bond acceptors (Lipinski definition) is 2. The SMILES string of the molecule is CSc1cccc(NC(=O)N2CCc3c([nH]c4ccc(Cl)cc34)[C@@H]2c2ccc(F)cc2)c1. The maximum absolute atomic E-state index is 13.7. The van der Waals surface area contributed by atoms with Crippen LogP contribution in [0.3, 0.4) is 0 Å². The maximum Gasteiger partial charge on any atom is 0.322 e. The van der Waals surface area contributed by atoms with Crippen LogP contribution < -0.4 is 5.32 Å². The number of nitrogens with zero attached hydrogens (tertiary/aromatic N) is 1. The number of fused-ring (bicyclic) bond motifs is 3. The van der Waals surface area contributed by atoms with Gasteiger partial charge in [-0.05, 0) is 72.3 Å². The molecule has 1 aromatic heterocycles. The molecule has 32 heavy (non-hydrogen) atoms. The lowest BCUT2D eigenvalue weighted by Crippen LogP contribution is -2.43. The van der Waals surface area contributed by atoms with Crippen LogP contribution in [0.2, 0.25) is 5.02 Å². The molecule has 1 atom stereocenters. The number of amides is 2. The van der Waals surface area contributed by atoms with E-state index in [1.54, 1.807) is 28.8 Å². The summed E-state index contributed by atoms with van der Waals surface area (Å²) in [7, 11) is 0. The van der Waals surface area contributed by atoms with E-state index in [0.29, 0.717) is 18.0 Å². The molecule has 0 saturated carbocycles. The predicted octanol–water partition coefficient (Wildman–Crippen LogP) is 6.86. The van der Waals surface area contributed by atoms with Crippen molar-refractivity contribution in [1.29, 1.82) is 0 Å². The van der Waals surface area contributed by atoms with Crippen molar-refractivity contribution in [3.8, 4) is 0 Å². The molecule has 4 nitrogen and oxygen atoms in total. The molecule has 2 amide bonds. The second kappa shape index (κ2) is 8.52. The molecule has 3 aromatic carbocycles. The lowest BCUT2D eigenvalue weighted by atomic mass is 9.92. The van der Waals surface area contributed by atoms with Crippen molar-refractivity contribution in [3.63, 3.8) is 0 Å². The van der Waals surface area contributed by atoms with Crippen molar-refractivity contribution in [2.75, 3.05) is 18.1 Å². The van der Waals surface area contributed by atoms with E-state index in [2.05, 4.69) is 10.3 Å². The van der Waals surface area contributed by atoms with E-state index in [9.17, 15) is 9.18 Å². The minimum absolute atomic E-state index is 0.195. The van der Waals surface area contributed by atoms with Gasteiger partial charge in [0.1, 0.15) is 5.82 Å². The molecule has 0 fully saturated rings. The zero-order valence-electron chi connectivity index (χ0n) is 17.4. The lowest BCUT2D eigenvalue weighted by molar-refractivity contribution is 0.193. The Labute approximate surface area is 194 Å². The van der Waals surface area contributed by atoms with Crippen LogP contribution in [-0.2, 0) is 6.42 Å². The van der Waals surface area contributed by atoms with Crippen LogP contribution >= 0.6 is 23.4 Å². The Kier molecular flexibility index (Phi) is 5.57. The van der Waals surface area contributed by atoms with Gasteiger partial charge in [0.2, 0.25) is 0 Å². The Balaban J connectivity index is 1.56. The summed E-state index contributed by atoms with van der Waals surface area (Å²) in [6, 6.07) is 19.3. The van der Waals surface area contributed by atoms with Gasteiger partial charge in [-0.1, -0.05) is 29.8 Å². The number of thioether (sulfide) groups is 1. The Morgan fingerprint density at radius 2 is 1.97 bits per heavy atom. The molecular formula is C25H21ClFN3OS. The van der Waals surface area contributed by atoms with Crippen molar-refractivity contribution < 1.29 is 9.18 Å². The number of anilines is 1. The number of aromatic amines is 1. The highest BCUT2D eigenvalue weighted by Crippen LogP contribution is 2.39. The molecule has 5 rings (SSSR count). The molecule has 7 heteroatoms. The highest BCUT2D eigenvalue weighted by molar-refractivity contribution is 7.98. The van der Waals surface area contributed by atoms with Gasteiger partial charge in [-0.2, -0.15) is 0 Å². The van der Waals surface area contributed by atoms with Gasteiger partial charge in [-0.25, -0.2) is 9.18 Å². The second-order valence-electron chi connectivity index (χ2n) is 7.77. The lowest BCUT2D eigenvalue weighted by Gasteiger charge is -2.36. The number of carbonyl (C=O) groups excluding carboxylic acids is 1. The number of halogens is 2. The monoisotopic (exact) mass is 465 g/mol. The highest BCUT2D eigenvalue weighted by atomic mass is 35.5. The minimum Gasteiger partial charge on any atom is -0.356 e. The van der Waals surface area contributed by atoms with E-state index in [0.717, 1.165) is 38.3 Å². The smallest absolute Gasteiger partial charge is 0.322 e. The van der Waals surface area contributed by atoms with E-state index in [1.165, 1.54) is 12.1 Å². The first kappa shape index (κ1) is 20.9. The summed E-state index contributed by atoms with van der Waals surface area (Å²) in [5.41, 5.74) is 4.65. The number of rotatable bonds is 3. The van der Waals surface area contributed by atoms with Crippen molar-refractivity contribution in [1.82, 2.24) is 9.88 Å². The number of hydrogen-bond donors (Lipinski definition) is 2. The Hall–Kier alpha value is -2.96. The first-order chi connectivity index (χ1) is 15.5. The van der Waals surface area contributed by atoms with Gasteiger partial charge < -0.3 is 15.2 Å². The fourth-order valence-electron chi connectivity index (χ4n) is 4.37. The van der Waals surface area contributed by atoms with Gasteiger partial charge >= 0.3 is 6.03 Å². The largest absolute Gasteiger partial charge is 0.356 e. The molecule has 2 heterocycles. The first-order valence-corrected chi connectivity index (χ1v) is 11.9. The van der Waals surface area contributed by atoms with E-state index < -0.39 is 0 Å². The molecule has 0 saturated heterocycles. The quantitative estimate of drug-likeness (QED) is 0.324. The van der Waals surface area contributed by atoms with Gasteiger partial charge in [0.25, 0.3) is 0 Å². The van der Waals surface area contributed by atoms with Crippen LogP contribution in [0.4, 0.5) is 14.9 Å². The molecule has 0 spiro atoms. The third-order valence-electron chi connectivity index (χ3n) is 5.86. The van der Waals surface area contributed by atoms with Gasteiger partial charge in [0, 0.05) is 38.7 Å². The van der Waals surface area contributed by atoms with Gasteiger partial charge in [-0.3, -0.25) is 0 Å². The molecule has 162 valence electrons. The zero-order valence-corrected chi connectivity index (χ0v) is 18.9. The van der Waals surface area contributed by atoms with Crippen molar-refractivity contribution in [2.24, 2.45) is 0 Å². The minimum atomic E-state index is -0.366. The predicted molar refractivity (Wildman–Crippen MR) is 129 cm³/mol. The Bertz CT molecular complexity index is 1300. The van der Waals surface area contributed by atoms with Crippen LogP contribution in [-0.4, -0.2) is 28.7 Å². The Morgan fingerprint density at radius 3 is 2.75 bits per heavy atom. The third-order valence-corrected chi connectivity index (χ3v) is 6.82. The number of nitrogens with one attached hydrogen (secondary N) is 2. The first-order valence-electron chi connectivity index (χ1n) is 10.3. The average Bonchev–Trinajstić information content (AvgIpc) is 3.17. The standard InChI is InChI=1S/C25H21ClFN3OS/c1-32-19-4-2-3-18(14-19)28-25(31)30-12-11-20-21-13-16(26)7-10-22(21)29-23(20)24(30)15-5-8-17(27)9-6-15/h2-10,13-14,24,29H,11-12H2,1H3,(H,28,31)/t24-/m0/s1. The summed E-state index contributed by atoms with van der Waals surface area (Å²) in [4.78, 5) is 19.8. The van der Waals surface area contributed by atoms with Crippen LogP contribution in [0, 0.1) is 5.82 Å². The highest BCUT2D eigenvalue weighted by Gasteiger charge is 2.34. The molecule has 2 N–H and O–H groups in total. The van der Waals surface area contributed by atoms with E-state index >= 15 is 0 Å². The molecule has 0 aliphatic carbocycles.